The zero-order valence-electron chi connectivity index (χ0n) is 17.2. The highest BCUT2D eigenvalue weighted by atomic mass is 14.8. The first-order valence-electron chi connectivity index (χ1n) is 10.5. The van der Waals surface area contributed by atoms with Gasteiger partial charge in [0.2, 0.25) is 0 Å². The highest BCUT2D eigenvalue weighted by Crippen LogP contribution is 2.31. The molecule has 0 radical (unpaired) electrons. The number of benzene rings is 2. The molecule has 0 spiro atoms. The number of hydrogen-bond donors (Lipinski definition) is 0. The average Bonchev–Trinajstić information content (AvgIpc) is 2.88. The zero-order valence-corrected chi connectivity index (χ0v) is 17.2. The maximum absolute atomic E-state index is 5.01. The zero-order chi connectivity index (χ0) is 21.3. The molecule has 4 aromatic heterocycles. The lowest BCUT2D eigenvalue weighted by Gasteiger charge is -2.10. The highest BCUT2D eigenvalue weighted by Gasteiger charge is 2.11. The van der Waals surface area contributed by atoms with Crippen LogP contribution in [0.1, 0.15) is 0 Å². The van der Waals surface area contributed by atoms with Crippen LogP contribution in [0.2, 0.25) is 0 Å². The molecule has 150 valence electrons. The van der Waals surface area contributed by atoms with Crippen LogP contribution < -0.4 is 0 Å². The molecule has 0 saturated carbocycles. The minimum atomic E-state index is 0.832. The third-order valence-corrected chi connectivity index (χ3v) is 5.58. The Morgan fingerprint density at radius 3 is 1.31 bits per heavy atom. The van der Waals surface area contributed by atoms with E-state index in [0.29, 0.717) is 0 Å². The van der Waals surface area contributed by atoms with Crippen LogP contribution in [0, 0.1) is 0 Å². The van der Waals surface area contributed by atoms with Gasteiger partial charge in [-0.2, -0.15) is 0 Å². The summed E-state index contributed by atoms with van der Waals surface area (Å²) in [5.74, 6) is 0. The molecule has 0 bridgehead atoms. The lowest BCUT2D eigenvalue weighted by atomic mass is 10.0. The molecule has 0 atom stereocenters. The Morgan fingerprint density at radius 1 is 0.375 bits per heavy atom. The molecule has 0 unspecified atom stereocenters. The molecule has 0 aliphatic carbocycles. The Kier molecular flexibility index (Phi) is 4.40. The van der Waals surface area contributed by atoms with Gasteiger partial charge in [0.15, 0.2) is 0 Å². The van der Waals surface area contributed by atoms with Gasteiger partial charge in [0.1, 0.15) is 0 Å². The Balaban J connectivity index is 1.54. The first kappa shape index (κ1) is 18.3. The van der Waals surface area contributed by atoms with Crippen molar-refractivity contribution >= 4 is 21.8 Å². The number of pyridine rings is 4. The minimum absolute atomic E-state index is 0.832. The van der Waals surface area contributed by atoms with Gasteiger partial charge in [0.05, 0.1) is 33.8 Å². The topological polar surface area (TPSA) is 51.6 Å². The molecule has 6 aromatic rings. The summed E-state index contributed by atoms with van der Waals surface area (Å²) in [6.45, 7) is 0. The van der Waals surface area contributed by atoms with E-state index in [1.807, 2.05) is 73.1 Å². The van der Waals surface area contributed by atoms with Crippen molar-refractivity contribution in [3.8, 4) is 33.9 Å². The van der Waals surface area contributed by atoms with Gasteiger partial charge in [-0.1, -0.05) is 60.7 Å². The molecule has 4 heterocycles. The van der Waals surface area contributed by atoms with Crippen LogP contribution in [0.15, 0.2) is 109 Å². The second kappa shape index (κ2) is 7.67. The van der Waals surface area contributed by atoms with Crippen molar-refractivity contribution in [3.05, 3.63) is 109 Å². The summed E-state index contributed by atoms with van der Waals surface area (Å²) in [5.41, 5.74) is 7.35. The molecule has 0 fully saturated rings. The van der Waals surface area contributed by atoms with Crippen molar-refractivity contribution in [2.75, 3.05) is 0 Å². The van der Waals surface area contributed by atoms with Gasteiger partial charge >= 0.3 is 0 Å². The van der Waals surface area contributed by atoms with Gasteiger partial charge < -0.3 is 0 Å². The summed E-state index contributed by atoms with van der Waals surface area (Å²) in [6, 6.07) is 32.5. The van der Waals surface area contributed by atoms with Crippen LogP contribution in [0.5, 0.6) is 0 Å². The smallest absolute Gasteiger partial charge is 0.0894 e. The minimum Gasteiger partial charge on any atom is -0.256 e. The maximum atomic E-state index is 5.01. The number of para-hydroxylation sites is 2. The third-order valence-electron chi connectivity index (χ3n) is 5.58. The van der Waals surface area contributed by atoms with E-state index in [2.05, 4.69) is 46.4 Å². The lowest BCUT2D eigenvalue weighted by Crippen LogP contribution is -1.93. The van der Waals surface area contributed by atoms with E-state index in [1.165, 1.54) is 0 Å². The Morgan fingerprint density at radius 2 is 0.875 bits per heavy atom. The molecular weight excluding hydrogens is 392 g/mol. The molecule has 2 aromatic carbocycles. The summed E-state index contributed by atoms with van der Waals surface area (Å²) in [7, 11) is 0. The second-order valence-corrected chi connectivity index (χ2v) is 7.58. The van der Waals surface area contributed by atoms with Gasteiger partial charge in [-0.15, -0.1) is 0 Å². The van der Waals surface area contributed by atoms with Crippen LogP contribution in [-0.4, -0.2) is 19.9 Å². The fourth-order valence-electron chi connectivity index (χ4n) is 4.04. The van der Waals surface area contributed by atoms with Crippen LogP contribution >= 0.6 is 0 Å². The molecule has 0 amide bonds. The first-order chi connectivity index (χ1) is 15.9. The Labute approximate surface area is 185 Å². The van der Waals surface area contributed by atoms with Crippen LogP contribution in [0.3, 0.4) is 0 Å². The largest absolute Gasteiger partial charge is 0.256 e. The predicted octanol–water partition coefficient (Wildman–Crippen LogP) is 6.57. The number of aromatic nitrogens is 4. The fourth-order valence-corrected chi connectivity index (χ4v) is 4.04. The van der Waals surface area contributed by atoms with Crippen molar-refractivity contribution in [3.63, 3.8) is 0 Å². The molecule has 0 saturated heterocycles. The number of rotatable bonds is 3. The lowest BCUT2D eigenvalue weighted by molar-refractivity contribution is 1.29. The SMILES string of the molecule is c1ccc(-c2cccc3ccc(-c4ccc5cccc(-c6ccccn6)c5n4)nc23)nc1. The molecule has 0 N–H and O–H groups in total. The normalized spacial score (nSPS) is 11.1. The van der Waals surface area contributed by atoms with E-state index in [0.717, 1.165) is 55.7 Å². The summed E-state index contributed by atoms with van der Waals surface area (Å²) in [6.07, 6.45) is 3.62. The monoisotopic (exact) mass is 410 g/mol. The van der Waals surface area contributed by atoms with Gasteiger partial charge in [-0.25, -0.2) is 9.97 Å². The van der Waals surface area contributed by atoms with E-state index < -0.39 is 0 Å². The van der Waals surface area contributed by atoms with E-state index in [-0.39, 0.29) is 0 Å². The van der Waals surface area contributed by atoms with Crippen molar-refractivity contribution in [2.24, 2.45) is 0 Å². The van der Waals surface area contributed by atoms with Crippen molar-refractivity contribution in [1.82, 2.24) is 19.9 Å². The standard InChI is InChI=1S/C28H18N4/c1-3-17-29-23(11-1)21-9-5-7-19-13-15-25(31-27(19)21)26-16-14-20-8-6-10-22(28(20)32-26)24-12-2-4-18-30-24/h1-18H. The third kappa shape index (κ3) is 3.19. The number of hydrogen-bond acceptors (Lipinski definition) is 4. The van der Waals surface area contributed by atoms with Gasteiger partial charge in [0, 0.05) is 34.3 Å². The average molecular weight is 410 g/mol. The van der Waals surface area contributed by atoms with E-state index in [1.54, 1.807) is 0 Å². The molecule has 0 aliphatic heterocycles. The Bertz CT molecular complexity index is 1440. The maximum Gasteiger partial charge on any atom is 0.0894 e. The van der Waals surface area contributed by atoms with Gasteiger partial charge in [-0.05, 0) is 36.4 Å². The molecule has 4 nitrogen and oxygen atoms in total. The highest BCUT2D eigenvalue weighted by molar-refractivity contribution is 5.96. The molecular formula is C28H18N4. The van der Waals surface area contributed by atoms with Crippen LogP contribution in [0.25, 0.3) is 55.7 Å². The van der Waals surface area contributed by atoms with Crippen LogP contribution in [0.4, 0.5) is 0 Å². The van der Waals surface area contributed by atoms with Crippen LogP contribution in [-0.2, 0) is 0 Å². The molecule has 6 rings (SSSR count). The summed E-state index contributed by atoms with van der Waals surface area (Å²) < 4.78 is 0. The summed E-state index contributed by atoms with van der Waals surface area (Å²) in [4.78, 5) is 19.1. The quantitative estimate of drug-likeness (QED) is 0.331. The molecule has 0 aliphatic rings. The number of nitrogens with zero attached hydrogens (tertiary/aromatic N) is 4. The van der Waals surface area contributed by atoms with E-state index >= 15 is 0 Å². The predicted molar refractivity (Wildman–Crippen MR) is 129 cm³/mol. The first-order valence-corrected chi connectivity index (χ1v) is 10.5. The molecule has 4 heteroatoms. The summed E-state index contributed by atoms with van der Waals surface area (Å²) in [5, 5.41) is 2.15. The number of fused-ring (bicyclic) bond motifs is 2. The van der Waals surface area contributed by atoms with Crippen molar-refractivity contribution in [1.29, 1.82) is 0 Å². The van der Waals surface area contributed by atoms with Crippen molar-refractivity contribution < 1.29 is 0 Å². The molecule has 32 heavy (non-hydrogen) atoms. The van der Waals surface area contributed by atoms with E-state index in [4.69, 9.17) is 9.97 Å². The van der Waals surface area contributed by atoms with E-state index in [9.17, 15) is 0 Å². The Hall–Kier alpha value is -4.44. The second-order valence-electron chi connectivity index (χ2n) is 7.58. The van der Waals surface area contributed by atoms with Gasteiger partial charge in [-0.3, -0.25) is 9.97 Å². The van der Waals surface area contributed by atoms with Gasteiger partial charge in [0.25, 0.3) is 0 Å². The van der Waals surface area contributed by atoms with Crippen molar-refractivity contribution in [2.45, 2.75) is 0 Å². The fraction of sp³-hybridized carbons (Fsp3) is 0. The summed E-state index contributed by atoms with van der Waals surface area (Å²) >= 11 is 0.